The van der Waals surface area contributed by atoms with Gasteiger partial charge in [0.2, 0.25) is 0 Å². The van der Waals surface area contributed by atoms with Crippen molar-refractivity contribution in [2.45, 2.75) is 45.3 Å². The number of hydrogen-bond acceptors (Lipinski definition) is 5. The zero-order valence-electron chi connectivity index (χ0n) is 14.5. The highest BCUT2D eigenvalue weighted by atomic mass is 16.5. The van der Waals surface area contributed by atoms with Crippen molar-refractivity contribution in [2.75, 3.05) is 20.3 Å². The van der Waals surface area contributed by atoms with Crippen LogP contribution in [-0.2, 0) is 24.2 Å². The maximum atomic E-state index is 5.66. The lowest BCUT2D eigenvalue weighted by atomic mass is 10.1. The Bertz CT molecular complexity index is 656. The highest BCUT2D eigenvalue weighted by molar-refractivity contribution is 5.28. The third-order valence-corrected chi connectivity index (χ3v) is 4.34. The van der Waals surface area contributed by atoms with Gasteiger partial charge in [-0.05, 0) is 37.5 Å². The molecule has 0 aliphatic carbocycles. The SMILES string of the molecule is COCCOc1cccc(CNC(C)c2nnc3n2CCCC3)c1. The first-order chi connectivity index (χ1) is 11.8. The summed E-state index contributed by atoms with van der Waals surface area (Å²) in [5, 5.41) is 12.3. The number of methoxy groups -OCH3 is 1. The van der Waals surface area contributed by atoms with E-state index in [-0.39, 0.29) is 6.04 Å². The van der Waals surface area contributed by atoms with Crippen LogP contribution in [0.25, 0.3) is 0 Å². The van der Waals surface area contributed by atoms with Crippen molar-refractivity contribution in [2.24, 2.45) is 0 Å². The number of hydrogen-bond donors (Lipinski definition) is 1. The van der Waals surface area contributed by atoms with Crippen LogP contribution < -0.4 is 10.1 Å². The molecule has 3 rings (SSSR count). The lowest BCUT2D eigenvalue weighted by Crippen LogP contribution is -2.23. The summed E-state index contributed by atoms with van der Waals surface area (Å²) in [6.07, 6.45) is 3.47. The number of aryl methyl sites for hydroxylation is 1. The van der Waals surface area contributed by atoms with Gasteiger partial charge in [-0.15, -0.1) is 10.2 Å². The van der Waals surface area contributed by atoms with Crippen molar-refractivity contribution in [1.82, 2.24) is 20.1 Å². The Morgan fingerprint density at radius 3 is 3.04 bits per heavy atom. The third-order valence-electron chi connectivity index (χ3n) is 4.34. The summed E-state index contributed by atoms with van der Waals surface area (Å²) < 4.78 is 12.9. The molecule has 1 aromatic heterocycles. The van der Waals surface area contributed by atoms with Crippen LogP contribution in [0.4, 0.5) is 0 Å². The molecule has 1 aromatic carbocycles. The molecule has 1 aliphatic heterocycles. The molecular weight excluding hydrogens is 304 g/mol. The molecule has 0 bridgehead atoms. The van der Waals surface area contributed by atoms with Crippen molar-refractivity contribution in [3.05, 3.63) is 41.5 Å². The molecule has 0 saturated heterocycles. The van der Waals surface area contributed by atoms with E-state index in [9.17, 15) is 0 Å². The topological polar surface area (TPSA) is 61.2 Å². The lowest BCUT2D eigenvalue weighted by Gasteiger charge is -2.19. The zero-order valence-corrected chi connectivity index (χ0v) is 14.5. The Labute approximate surface area is 143 Å². The molecule has 130 valence electrons. The van der Waals surface area contributed by atoms with Gasteiger partial charge in [-0.3, -0.25) is 0 Å². The zero-order chi connectivity index (χ0) is 16.8. The highest BCUT2D eigenvalue weighted by Crippen LogP contribution is 2.19. The first kappa shape index (κ1) is 16.9. The summed E-state index contributed by atoms with van der Waals surface area (Å²) >= 11 is 0. The minimum atomic E-state index is 0.169. The van der Waals surface area contributed by atoms with Gasteiger partial charge in [0, 0.05) is 26.6 Å². The Balaban J connectivity index is 1.57. The van der Waals surface area contributed by atoms with Crippen LogP contribution in [0.3, 0.4) is 0 Å². The predicted octanol–water partition coefficient (Wildman–Crippen LogP) is 2.49. The summed E-state index contributed by atoms with van der Waals surface area (Å²) in [7, 11) is 1.67. The number of rotatable bonds is 8. The highest BCUT2D eigenvalue weighted by Gasteiger charge is 2.19. The first-order valence-corrected chi connectivity index (χ1v) is 8.64. The molecule has 1 aliphatic rings. The van der Waals surface area contributed by atoms with Gasteiger partial charge in [0.25, 0.3) is 0 Å². The Hall–Kier alpha value is -1.92. The molecule has 1 atom stereocenters. The van der Waals surface area contributed by atoms with Crippen molar-refractivity contribution in [1.29, 1.82) is 0 Å². The van der Waals surface area contributed by atoms with E-state index < -0.39 is 0 Å². The van der Waals surface area contributed by atoms with Crippen molar-refractivity contribution in [3.8, 4) is 5.75 Å². The van der Waals surface area contributed by atoms with Gasteiger partial charge in [0.15, 0.2) is 0 Å². The summed E-state index contributed by atoms with van der Waals surface area (Å²) in [5.41, 5.74) is 1.19. The summed E-state index contributed by atoms with van der Waals surface area (Å²) in [4.78, 5) is 0. The second-order valence-electron chi connectivity index (χ2n) is 6.17. The van der Waals surface area contributed by atoms with Gasteiger partial charge in [-0.2, -0.15) is 0 Å². The van der Waals surface area contributed by atoms with Crippen LogP contribution in [-0.4, -0.2) is 35.1 Å². The van der Waals surface area contributed by atoms with Crippen LogP contribution in [0.1, 0.15) is 43.0 Å². The molecule has 1 N–H and O–H groups in total. The monoisotopic (exact) mass is 330 g/mol. The third kappa shape index (κ3) is 4.13. The average molecular weight is 330 g/mol. The standard InChI is InChI=1S/C18H26N4O2/c1-14(18-21-20-17-8-3-4-9-22(17)18)19-13-15-6-5-7-16(12-15)24-11-10-23-2/h5-7,12,14,19H,3-4,8-11,13H2,1-2H3. The largest absolute Gasteiger partial charge is 0.491 e. The molecule has 1 unspecified atom stereocenters. The fourth-order valence-corrected chi connectivity index (χ4v) is 3.00. The smallest absolute Gasteiger partial charge is 0.149 e. The number of ether oxygens (including phenoxy) is 2. The van der Waals surface area contributed by atoms with Crippen LogP contribution in [0.15, 0.2) is 24.3 Å². The maximum Gasteiger partial charge on any atom is 0.149 e. The van der Waals surface area contributed by atoms with E-state index in [0.717, 1.165) is 36.9 Å². The van der Waals surface area contributed by atoms with Crippen molar-refractivity contribution in [3.63, 3.8) is 0 Å². The molecular formula is C18H26N4O2. The maximum absolute atomic E-state index is 5.66. The van der Waals surface area contributed by atoms with E-state index in [0.29, 0.717) is 13.2 Å². The van der Waals surface area contributed by atoms with Gasteiger partial charge in [0.05, 0.1) is 12.6 Å². The van der Waals surface area contributed by atoms with Crippen LogP contribution in [0, 0.1) is 0 Å². The number of aromatic nitrogens is 3. The molecule has 0 fully saturated rings. The van der Waals surface area contributed by atoms with E-state index in [1.165, 1.54) is 18.4 Å². The number of nitrogens with one attached hydrogen (secondary N) is 1. The van der Waals surface area contributed by atoms with Crippen LogP contribution in [0.2, 0.25) is 0 Å². The normalized spacial score (nSPS) is 15.1. The molecule has 2 aromatic rings. The quantitative estimate of drug-likeness (QED) is 0.754. The van der Waals surface area contributed by atoms with E-state index in [2.05, 4.69) is 39.1 Å². The molecule has 6 nitrogen and oxygen atoms in total. The van der Waals surface area contributed by atoms with Gasteiger partial charge < -0.3 is 19.4 Å². The van der Waals surface area contributed by atoms with Crippen molar-refractivity contribution < 1.29 is 9.47 Å². The minimum Gasteiger partial charge on any atom is -0.491 e. The fourth-order valence-electron chi connectivity index (χ4n) is 3.00. The summed E-state index contributed by atoms with van der Waals surface area (Å²) in [6.45, 7) is 5.11. The van der Waals surface area contributed by atoms with Crippen LogP contribution in [0.5, 0.6) is 5.75 Å². The molecule has 24 heavy (non-hydrogen) atoms. The van der Waals surface area contributed by atoms with Crippen molar-refractivity contribution >= 4 is 0 Å². The van der Waals surface area contributed by atoms with E-state index in [4.69, 9.17) is 9.47 Å². The van der Waals surface area contributed by atoms with Gasteiger partial charge in [0.1, 0.15) is 24.0 Å². The Morgan fingerprint density at radius 2 is 2.17 bits per heavy atom. The molecule has 2 heterocycles. The molecule has 6 heteroatoms. The van der Waals surface area contributed by atoms with Crippen LogP contribution >= 0.6 is 0 Å². The average Bonchev–Trinajstić information content (AvgIpc) is 3.04. The number of fused-ring (bicyclic) bond motifs is 1. The van der Waals surface area contributed by atoms with Gasteiger partial charge >= 0.3 is 0 Å². The van der Waals surface area contributed by atoms with E-state index in [1.807, 2.05) is 12.1 Å². The summed E-state index contributed by atoms with van der Waals surface area (Å²) in [6, 6.07) is 8.32. The molecule has 0 amide bonds. The fraction of sp³-hybridized carbons (Fsp3) is 0.556. The number of benzene rings is 1. The molecule has 0 saturated carbocycles. The van der Waals surface area contributed by atoms with Gasteiger partial charge in [-0.1, -0.05) is 12.1 Å². The van der Waals surface area contributed by atoms with E-state index in [1.54, 1.807) is 7.11 Å². The first-order valence-electron chi connectivity index (χ1n) is 8.64. The van der Waals surface area contributed by atoms with Gasteiger partial charge in [-0.25, -0.2) is 0 Å². The molecule has 0 radical (unpaired) electrons. The molecule has 0 spiro atoms. The minimum absolute atomic E-state index is 0.169. The predicted molar refractivity (Wildman–Crippen MR) is 92.0 cm³/mol. The second kappa shape index (κ2) is 8.26. The Morgan fingerprint density at radius 1 is 1.25 bits per heavy atom. The lowest BCUT2D eigenvalue weighted by molar-refractivity contribution is 0.146. The second-order valence-corrected chi connectivity index (χ2v) is 6.17. The number of nitrogens with zero attached hydrogens (tertiary/aromatic N) is 3. The summed E-state index contributed by atoms with van der Waals surface area (Å²) in [5.74, 6) is 3.04. The van der Waals surface area contributed by atoms with E-state index >= 15 is 0 Å². The Kier molecular flexibility index (Phi) is 5.82.